The van der Waals surface area contributed by atoms with Gasteiger partial charge in [0.15, 0.2) is 5.69 Å². The van der Waals surface area contributed by atoms with Crippen LogP contribution in [0.3, 0.4) is 0 Å². The SMILES string of the molecule is CN(C(=O)c1ccc(F)cc1I)c1c(N)n(Cc2ccccc2)c(=O)[nH]c1=O. The molecule has 1 amide bonds. The number of nitrogens with one attached hydrogen (secondary N) is 1. The molecule has 2 aromatic carbocycles. The zero-order valence-corrected chi connectivity index (χ0v) is 16.9. The van der Waals surface area contributed by atoms with Crippen molar-refractivity contribution in [2.45, 2.75) is 6.54 Å². The molecule has 0 bridgehead atoms. The lowest BCUT2D eigenvalue weighted by Gasteiger charge is -2.21. The molecule has 0 aliphatic carbocycles. The fraction of sp³-hybridized carbons (Fsp3) is 0.105. The number of anilines is 2. The molecule has 0 saturated carbocycles. The molecule has 0 atom stereocenters. The van der Waals surface area contributed by atoms with E-state index in [0.717, 1.165) is 16.5 Å². The Morgan fingerprint density at radius 2 is 1.89 bits per heavy atom. The normalized spacial score (nSPS) is 10.7. The lowest BCUT2D eigenvalue weighted by Crippen LogP contribution is -2.39. The van der Waals surface area contributed by atoms with E-state index in [1.165, 1.54) is 23.7 Å². The van der Waals surface area contributed by atoms with Gasteiger partial charge in [0, 0.05) is 10.6 Å². The summed E-state index contributed by atoms with van der Waals surface area (Å²) in [7, 11) is 1.38. The molecule has 0 aliphatic heterocycles. The van der Waals surface area contributed by atoms with Crippen LogP contribution in [0.4, 0.5) is 15.9 Å². The van der Waals surface area contributed by atoms with Crippen molar-refractivity contribution in [3.05, 3.63) is 89.9 Å². The van der Waals surface area contributed by atoms with Crippen LogP contribution in [0.5, 0.6) is 0 Å². The first kappa shape index (κ1) is 19.8. The summed E-state index contributed by atoms with van der Waals surface area (Å²) in [5, 5.41) is 0. The monoisotopic (exact) mass is 494 g/mol. The standard InChI is InChI=1S/C19H16FIN4O3/c1-24(18(27)13-8-7-12(20)9-14(13)21)15-16(22)25(19(28)23-17(15)26)10-11-5-3-2-4-6-11/h2-9H,10,22H2,1H3,(H,23,26,28). The maximum Gasteiger partial charge on any atom is 0.330 e. The van der Waals surface area contributed by atoms with Crippen molar-refractivity contribution >= 4 is 40.0 Å². The lowest BCUT2D eigenvalue weighted by molar-refractivity contribution is 0.0992. The maximum atomic E-state index is 13.3. The van der Waals surface area contributed by atoms with Gasteiger partial charge in [0.1, 0.15) is 11.6 Å². The van der Waals surface area contributed by atoms with Gasteiger partial charge in [0.05, 0.1) is 12.1 Å². The number of H-pyrrole nitrogens is 1. The summed E-state index contributed by atoms with van der Waals surface area (Å²) < 4.78 is 14.9. The van der Waals surface area contributed by atoms with Crippen molar-refractivity contribution in [3.63, 3.8) is 0 Å². The number of benzene rings is 2. The molecule has 0 aliphatic rings. The molecule has 0 unspecified atom stereocenters. The summed E-state index contributed by atoms with van der Waals surface area (Å²) in [6.07, 6.45) is 0. The minimum atomic E-state index is -0.778. The van der Waals surface area contributed by atoms with Gasteiger partial charge < -0.3 is 10.6 Å². The van der Waals surface area contributed by atoms with Crippen LogP contribution in [0.1, 0.15) is 15.9 Å². The van der Waals surface area contributed by atoms with Crippen LogP contribution >= 0.6 is 22.6 Å². The van der Waals surface area contributed by atoms with Crippen molar-refractivity contribution in [2.24, 2.45) is 0 Å². The molecule has 0 saturated heterocycles. The summed E-state index contributed by atoms with van der Waals surface area (Å²) in [6.45, 7) is 0.130. The number of nitrogens with two attached hydrogens (primary N) is 1. The van der Waals surface area contributed by atoms with Crippen molar-refractivity contribution in [2.75, 3.05) is 17.7 Å². The molecule has 3 rings (SSSR count). The van der Waals surface area contributed by atoms with Crippen molar-refractivity contribution in [1.82, 2.24) is 9.55 Å². The molecule has 0 fully saturated rings. The Hall–Kier alpha value is -2.95. The number of amides is 1. The fourth-order valence-corrected chi connectivity index (χ4v) is 3.48. The number of carbonyl (C=O) groups is 1. The Morgan fingerprint density at radius 1 is 1.21 bits per heavy atom. The summed E-state index contributed by atoms with van der Waals surface area (Å²) >= 11 is 1.84. The molecule has 3 aromatic rings. The Bertz CT molecular complexity index is 1160. The summed E-state index contributed by atoms with van der Waals surface area (Å²) in [5.41, 5.74) is 5.51. The van der Waals surface area contributed by atoms with Gasteiger partial charge in [0.25, 0.3) is 11.5 Å². The smallest absolute Gasteiger partial charge is 0.330 e. The quantitative estimate of drug-likeness (QED) is 0.544. The number of nitrogen functional groups attached to an aromatic ring is 1. The van der Waals surface area contributed by atoms with Crippen LogP contribution in [-0.2, 0) is 6.54 Å². The second-order valence-electron chi connectivity index (χ2n) is 6.05. The van der Waals surface area contributed by atoms with E-state index in [1.807, 2.05) is 52.9 Å². The number of nitrogens with zero attached hydrogens (tertiary/aromatic N) is 2. The Kier molecular flexibility index (Phi) is 5.63. The average Bonchev–Trinajstić information content (AvgIpc) is 2.65. The Morgan fingerprint density at radius 3 is 2.54 bits per heavy atom. The molecule has 1 heterocycles. The van der Waals surface area contributed by atoms with E-state index < -0.39 is 23.0 Å². The lowest BCUT2D eigenvalue weighted by atomic mass is 10.2. The van der Waals surface area contributed by atoms with Crippen LogP contribution < -0.4 is 21.9 Å². The third-order valence-electron chi connectivity index (χ3n) is 4.20. The van der Waals surface area contributed by atoms with E-state index in [-0.39, 0.29) is 23.6 Å². The van der Waals surface area contributed by atoms with E-state index in [2.05, 4.69) is 4.98 Å². The van der Waals surface area contributed by atoms with Crippen molar-refractivity contribution in [3.8, 4) is 0 Å². The van der Waals surface area contributed by atoms with E-state index in [4.69, 9.17) is 5.73 Å². The molecule has 28 heavy (non-hydrogen) atoms. The number of halogens is 2. The highest BCUT2D eigenvalue weighted by Gasteiger charge is 2.23. The summed E-state index contributed by atoms with van der Waals surface area (Å²) in [4.78, 5) is 40.7. The van der Waals surface area contributed by atoms with Gasteiger partial charge in [-0.05, 0) is 46.4 Å². The predicted octanol–water partition coefficient (Wildman–Crippen LogP) is 2.19. The topological polar surface area (TPSA) is 101 Å². The van der Waals surface area contributed by atoms with E-state index in [9.17, 15) is 18.8 Å². The van der Waals surface area contributed by atoms with Crippen LogP contribution in [0, 0.1) is 9.39 Å². The van der Waals surface area contributed by atoms with Crippen molar-refractivity contribution in [1.29, 1.82) is 0 Å². The molecule has 7 nitrogen and oxygen atoms in total. The van der Waals surface area contributed by atoms with Crippen LogP contribution in [0.25, 0.3) is 0 Å². The highest BCUT2D eigenvalue weighted by atomic mass is 127. The second kappa shape index (κ2) is 7.97. The van der Waals surface area contributed by atoms with Gasteiger partial charge in [-0.15, -0.1) is 0 Å². The zero-order chi connectivity index (χ0) is 20.4. The Labute approximate surface area is 172 Å². The maximum absolute atomic E-state index is 13.3. The van der Waals surface area contributed by atoms with Gasteiger partial charge in [0.2, 0.25) is 0 Å². The number of rotatable bonds is 4. The highest BCUT2D eigenvalue weighted by molar-refractivity contribution is 14.1. The van der Waals surface area contributed by atoms with E-state index in [0.29, 0.717) is 3.57 Å². The molecule has 3 N–H and O–H groups in total. The fourth-order valence-electron chi connectivity index (χ4n) is 2.77. The summed E-state index contributed by atoms with van der Waals surface area (Å²) in [5.74, 6) is -1.16. The second-order valence-corrected chi connectivity index (χ2v) is 7.22. The molecule has 0 radical (unpaired) electrons. The van der Waals surface area contributed by atoms with Crippen LogP contribution in [0.2, 0.25) is 0 Å². The number of hydrogen-bond donors (Lipinski definition) is 2. The van der Waals surface area contributed by atoms with Gasteiger partial charge >= 0.3 is 5.69 Å². The molecular weight excluding hydrogens is 478 g/mol. The van der Waals surface area contributed by atoms with Crippen LogP contribution in [-0.4, -0.2) is 22.5 Å². The molecular formula is C19H16FIN4O3. The average molecular weight is 494 g/mol. The van der Waals surface area contributed by atoms with Crippen LogP contribution in [0.15, 0.2) is 58.1 Å². The first-order valence-electron chi connectivity index (χ1n) is 8.19. The molecule has 144 valence electrons. The van der Waals surface area contributed by atoms with Gasteiger partial charge in [-0.3, -0.25) is 19.1 Å². The van der Waals surface area contributed by atoms with E-state index in [1.54, 1.807) is 0 Å². The number of aromatic nitrogens is 2. The molecule has 1 aromatic heterocycles. The molecule has 0 spiro atoms. The van der Waals surface area contributed by atoms with Gasteiger partial charge in [-0.1, -0.05) is 30.3 Å². The van der Waals surface area contributed by atoms with Gasteiger partial charge in [-0.25, -0.2) is 9.18 Å². The predicted molar refractivity (Wildman–Crippen MR) is 113 cm³/mol. The Balaban J connectivity index is 2.06. The number of hydrogen-bond acceptors (Lipinski definition) is 4. The number of aromatic amines is 1. The van der Waals surface area contributed by atoms with Crippen molar-refractivity contribution < 1.29 is 9.18 Å². The first-order valence-corrected chi connectivity index (χ1v) is 9.27. The third kappa shape index (κ3) is 3.84. The minimum Gasteiger partial charge on any atom is -0.383 e. The number of carbonyl (C=O) groups excluding carboxylic acids is 1. The zero-order valence-electron chi connectivity index (χ0n) is 14.8. The third-order valence-corrected chi connectivity index (χ3v) is 5.09. The van der Waals surface area contributed by atoms with E-state index >= 15 is 0 Å². The minimum absolute atomic E-state index is 0.130. The first-order chi connectivity index (χ1) is 13.3. The van der Waals surface area contributed by atoms with Gasteiger partial charge in [-0.2, -0.15) is 0 Å². The largest absolute Gasteiger partial charge is 0.383 e. The summed E-state index contributed by atoms with van der Waals surface area (Å²) in [6, 6.07) is 12.8. The molecule has 9 heteroatoms. The highest BCUT2D eigenvalue weighted by Crippen LogP contribution is 2.21.